The highest BCUT2D eigenvalue weighted by Gasteiger charge is 2.31. The number of hydrogen-bond acceptors (Lipinski definition) is 12. The molecule has 1 unspecified atom stereocenters. The number of phenolic OH excluding ortho intramolecular Hbond substituents is 1. The van der Waals surface area contributed by atoms with E-state index in [-0.39, 0.29) is 22.8 Å². The van der Waals surface area contributed by atoms with Crippen molar-refractivity contribution < 1.29 is 61.5 Å². The fourth-order valence-corrected chi connectivity index (χ4v) is 5.69. The normalized spacial score (nSPS) is 12.3. The molecule has 0 saturated carbocycles. The molecule has 13 nitrogen and oxygen atoms in total. The predicted octanol–water partition coefficient (Wildman–Crippen LogP) is 7.36. The molecule has 0 fully saturated rings. The largest absolute Gasteiger partial charge is 0.585 e. The summed E-state index contributed by atoms with van der Waals surface area (Å²) in [6.07, 6.45) is 6.77. The monoisotopic (exact) mass is 710 g/mol. The molecule has 0 radical (unpaired) electrons. The summed E-state index contributed by atoms with van der Waals surface area (Å²) in [5.41, 5.74) is 2.22. The third kappa shape index (κ3) is 8.49. The van der Waals surface area contributed by atoms with Crippen LogP contribution in [0.4, 0.5) is 0 Å². The SMILES string of the molecule is COc1ccc(/C=C\c2cc(OC)c(OC)c(OC)c2)cc1OP(=O)(O)Oc1c(OC)ccc(/C=C\c2cc(OC)c(OC)c(OC)c2)c1O. The van der Waals surface area contributed by atoms with Crippen LogP contribution >= 0.6 is 7.82 Å². The van der Waals surface area contributed by atoms with Gasteiger partial charge in [0, 0.05) is 5.56 Å². The van der Waals surface area contributed by atoms with Crippen LogP contribution in [0.1, 0.15) is 22.3 Å². The molecule has 0 aliphatic carbocycles. The van der Waals surface area contributed by atoms with Crippen LogP contribution < -0.4 is 46.9 Å². The third-order valence-corrected chi connectivity index (χ3v) is 8.09. The zero-order valence-corrected chi connectivity index (χ0v) is 29.7. The van der Waals surface area contributed by atoms with Gasteiger partial charge in [0.15, 0.2) is 46.0 Å². The Labute approximate surface area is 290 Å². The number of benzene rings is 4. The fourth-order valence-electron chi connectivity index (χ4n) is 4.85. The molecule has 0 heterocycles. The van der Waals surface area contributed by atoms with Gasteiger partial charge in [-0.05, 0) is 65.2 Å². The molecule has 14 heteroatoms. The highest BCUT2D eigenvalue weighted by Crippen LogP contribution is 2.53. The Balaban J connectivity index is 1.62. The predicted molar refractivity (Wildman–Crippen MR) is 189 cm³/mol. The van der Waals surface area contributed by atoms with Crippen LogP contribution in [0, 0.1) is 0 Å². The molecule has 50 heavy (non-hydrogen) atoms. The van der Waals surface area contributed by atoms with Gasteiger partial charge in [-0.25, -0.2) is 4.57 Å². The molecule has 2 N–H and O–H groups in total. The standard InChI is InChI=1S/C36H39O13P/c1-40-26-15-12-22(9-10-23-18-29(42-3)34(46-7)30(19-23)43-4)17-28(26)48-50(38,39)49-36-27(41-2)16-14-25(33(36)37)13-11-24-20-31(44-5)35(47-8)32(21-24)45-6/h9-21,37H,1-8H3,(H,38,39)/b10-9-,13-11-. The highest BCUT2D eigenvalue weighted by molar-refractivity contribution is 7.48. The maximum atomic E-state index is 13.4. The van der Waals surface area contributed by atoms with Crippen molar-refractivity contribution in [1.82, 2.24) is 0 Å². The molecule has 0 aromatic heterocycles. The van der Waals surface area contributed by atoms with E-state index in [1.807, 2.05) is 0 Å². The molecule has 1 atom stereocenters. The van der Waals surface area contributed by atoms with E-state index in [0.717, 1.165) is 5.56 Å². The molecule has 4 aromatic rings. The number of phenols is 1. The minimum Gasteiger partial charge on any atom is -0.504 e. The maximum Gasteiger partial charge on any atom is 0.585 e. The van der Waals surface area contributed by atoms with E-state index in [0.29, 0.717) is 45.6 Å². The average molecular weight is 711 g/mol. The summed E-state index contributed by atoms with van der Waals surface area (Å²) in [6.45, 7) is 0. The second-order valence-corrected chi connectivity index (χ2v) is 11.5. The Morgan fingerprint density at radius 2 is 0.880 bits per heavy atom. The molecule has 4 aromatic carbocycles. The van der Waals surface area contributed by atoms with Crippen molar-refractivity contribution in [1.29, 1.82) is 0 Å². The van der Waals surface area contributed by atoms with Crippen LogP contribution in [0.15, 0.2) is 54.6 Å². The van der Waals surface area contributed by atoms with Crippen molar-refractivity contribution in [2.45, 2.75) is 0 Å². The summed E-state index contributed by atoms with van der Waals surface area (Å²) >= 11 is 0. The zero-order valence-electron chi connectivity index (χ0n) is 28.8. The number of methoxy groups -OCH3 is 8. The van der Waals surface area contributed by atoms with E-state index in [1.54, 1.807) is 66.8 Å². The Kier molecular flexibility index (Phi) is 12.4. The molecule has 266 valence electrons. The molecule has 4 rings (SSSR count). The number of phosphoric ester groups is 1. The van der Waals surface area contributed by atoms with Crippen LogP contribution in [0.5, 0.6) is 63.2 Å². The lowest BCUT2D eigenvalue weighted by Crippen LogP contribution is -2.03. The van der Waals surface area contributed by atoms with Gasteiger partial charge in [0.05, 0.1) is 56.9 Å². The molecule has 0 aliphatic heterocycles. The maximum absolute atomic E-state index is 13.4. The van der Waals surface area contributed by atoms with Gasteiger partial charge < -0.3 is 52.0 Å². The average Bonchev–Trinajstić information content (AvgIpc) is 3.12. The lowest BCUT2D eigenvalue weighted by atomic mass is 10.1. The third-order valence-electron chi connectivity index (χ3n) is 7.25. The van der Waals surface area contributed by atoms with Gasteiger partial charge in [-0.2, -0.15) is 0 Å². The first-order valence-corrected chi connectivity index (χ1v) is 16.3. The lowest BCUT2D eigenvalue weighted by Gasteiger charge is -2.19. The number of phosphoric acid groups is 1. The topological polar surface area (TPSA) is 150 Å². The number of aromatic hydroxyl groups is 1. The smallest absolute Gasteiger partial charge is 0.504 e. The van der Waals surface area contributed by atoms with Crippen LogP contribution in [0.25, 0.3) is 24.3 Å². The minimum absolute atomic E-state index is 0.0145. The van der Waals surface area contributed by atoms with Gasteiger partial charge in [-0.3, -0.25) is 4.89 Å². The van der Waals surface area contributed by atoms with E-state index >= 15 is 0 Å². The molecule has 0 aliphatic rings. The fraction of sp³-hybridized carbons (Fsp3) is 0.222. The van der Waals surface area contributed by atoms with E-state index in [4.69, 9.17) is 46.9 Å². The summed E-state index contributed by atoms with van der Waals surface area (Å²) in [6, 6.07) is 14.8. The number of hydrogen-bond donors (Lipinski definition) is 2. The molecule has 0 spiro atoms. The Morgan fingerprint density at radius 1 is 0.460 bits per heavy atom. The van der Waals surface area contributed by atoms with E-state index in [1.165, 1.54) is 69.0 Å². The summed E-state index contributed by atoms with van der Waals surface area (Å²) in [5.74, 6) is 1.86. The first-order valence-electron chi connectivity index (χ1n) is 14.8. The Morgan fingerprint density at radius 3 is 1.34 bits per heavy atom. The summed E-state index contributed by atoms with van der Waals surface area (Å²) in [5, 5.41) is 11.1. The zero-order chi connectivity index (χ0) is 36.4. The van der Waals surface area contributed by atoms with Crippen molar-refractivity contribution in [2.75, 3.05) is 56.9 Å². The van der Waals surface area contributed by atoms with Crippen molar-refractivity contribution in [3.8, 4) is 63.2 Å². The molecule has 0 bridgehead atoms. The number of rotatable bonds is 16. The minimum atomic E-state index is -4.96. The first-order chi connectivity index (χ1) is 24.0. The van der Waals surface area contributed by atoms with Gasteiger partial charge in [-0.15, -0.1) is 0 Å². The summed E-state index contributed by atoms with van der Waals surface area (Å²) in [4.78, 5) is 10.9. The van der Waals surface area contributed by atoms with Gasteiger partial charge in [0.25, 0.3) is 0 Å². The van der Waals surface area contributed by atoms with Crippen LogP contribution in [-0.4, -0.2) is 66.9 Å². The van der Waals surface area contributed by atoms with Gasteiger partial charge in [0.2, 0.25) is 17.2 Å². The van der Waals surface area contributed by atoms with Crippen LogP contribution in [-0.2, 0) is 4.57 Å². The summed E-state index contributed by atoms with van der Waals surface area (Å²) in [7, 11) is 6.80. The van der Waals surface area contributed by atoms with Crippen molar-refractivity contribution >= 4 is 32.1 Å². The van der Waals surface area contributed by atoms with Crippen molar-refractivity contribution in [3.63, 3.8) is 0 Å². The quantitative estimate of drug-likeness (QED) is 0.0882. The summed E-state index contributed by atoms with van der Waals surface area (Å²) < 4.78 is 67.4. The molecule has 0 saturated heterocycles. The second kappa shape index (κ2) is 16.6. The van der Waals surface area contributed by atoms with Crippen molar-refractivity contribution in [2.24, 2.45) is 0 Å². The second-order valence-electron chi connectivity index (χ2n) is 10.2. The van der Waals surface area contributed by atoms with Gasteiger partial charge in [-0.1, -0.05) is 30.4 Å². The van der Waals surface area contributed by atoms with E-state index in [2.05, 4.69) is 0 Å². The van der Waals surface area contributed by atoms with Gasteiger partial charge in [0.1, 0.15) is 0 Å². The van der Waals surface area contributed by atoms with E-state index < -0.39 is 19.3 Å². The first kappa shape index (κ1) is 37.2. The van der Waals surface area contributed by atoms with Crippen molar-refractivity contribution in [3.05, 3.63) is 76.9 Å². The molecular formula is C36H39O13P. The molecular weight excluding hydrogens is 671 g/mol. The van der Waals surface area contributed by atoms with Crippen LogP contribution in [0.3, 0.4) is 0 Å². The van der Waals surface area contributed by atoms with E-state index in [9.17, 15) is 14.6 Å². The van der Waals surface area contributed by atoms with Crippen LogP contribution in [0.2, 0.25) is 0 Å². The lowest BCUT2D eigenvalue weighted by molar-refractivity contribution is 0.271. The number of ether oxygens (including phenoxy) is 8. The molecule has 0 amide bonds. The van der Waals surface area contributed by atoms with Gasteiger partial charge >= 0.3 is 7.82 Å². The highest BCUT2D eigenvalue weighted by atomic mass is 31.2. The Hall–Kier alpha value is -5.65. The Bertz CT molecular complexity index is 1870.